The summed E-state index contributed by atoms with van der Waals surface area (Å²) >= 11 is 0. The number of Topliss-reactive ketones (excluding diaryl/α,β-unsaturated/α-hetero) is 2. The van der Waals surface area contributed by atoms with E-state index in [0.717, 1.165) is 0 Å². The molecule has 0 aromatic heterocycles. The number of halogens is 1. The van der Waals surface area contributed by atoms with Crippen LogP contribution in [-0.4, -0.2) is 24.8 Å². The van der Waals surface area contributed by atoms with Gasteiger partial charge in [-0.25, -0.2) is 4.39 Å². The molecule has 3 nitrogen and oxygen atoms in total. The minimum absolute atomic E-state index is 0.154. The van der Waals surface area contributed by atoms with E-state index < -0.39 is 5.82 Å². The molecule has 0 unspecified atom stereocenters. The molecule has 0 amide bonds. The molecule has 17 heavy (non-hydrogen) atoms. The maximum atomic E-state index is 12.6. The van der Waals surface area contributed by atoms with Crippen LogP contribution in [0.1, 0.15) is 30.1 Å². The highest BCUT2D eigenvalue weighted by Crippen LogP contribution is 2.07. The largest absolute Gasteiger partial charge is 0.381 e. The Morgan fingerprint density at radius 3 is 2.47 bits per heavy atom. The fourth-order valence-corrected chi connectivity index (χ4v) is 1.34. The topological polar surface area (TPSA) is 43.4 Å². The first-order chi connectivity index (χ1) is 8.13. The van der Waals surface area contributed by atoms with Gasteiger partial charge < -0.3 is 4.74 Å². The van der Waals surface area contributed by atoms with Crippen LogP contribution in [0.15, 0.2) is 24.3 Å². The van der Waals surface area contributed by atoms with E-state index in [-0.39, 0.29) is 24.4 Å². The van der Waals surface area contributed by atoms with Gasteiger partial charge in [0.15, 0.2) is 5.78 Å². The molecule has 0 bridgehead atoms. The summed E-state index contributed by atoms with van der Waals surface area (Å²) < 4.78 is 17.6. The van der Waals surface area contributed by atoms with Crippen molar-refractivity contribution in [3.63, 3.8) is 0 Å². The van der Waals surface area contributed by atoms with Crippen LogP contribution in [0, 0.1) is 5.82 Å². The van der Waals surface area contributed by atoms with Gasteiger partial charge in [0.1, 0.15) is 11.6 Å². The van der Waals surface area contributed by atoms with E-state index in [1.165, 1.54) is 24.3 Å². The van der Waals surface area contributed by atoms with Crippen LogP contribution in [-0.2, 0) is 9.53 Å². The quantitative estimate of drug-likeness (QED) is 0.416. The van der Waals surface area contributed by atoms with E-state index in [1.807, 2.05) is 6.92 Å². The summed E-state index contributed by atoms with van der Waals surface area (Å²) in [6.45, 7) is 2.74. The van der Waals surface area contributed by atoms with Crippen molar-refractivity contribution in [2.75, 3.05) is 13.2 Å². The first-order valence-corrected chi connectivity index (χ1v) is 5.51. The van der Waals surface area contributed by atoms with E-state index in [0.29, 0.717) is 18.8 Å². The van der Waals surface area contributed by atoms with Crippen molar-refractivity contribution in [3.05, 3.63) is 35.6 Å². The van der Waals surface area contributed by atoms with E-state index in [4.69, 9.17) is 4.74 Å². The fourth-order valence-electron chi connectivity index (χ4n) is 1.34. The average Bonchev–Trinajstić information content (AvgIpc) is 2.30. The van der Waals surface area contributed by atoms with Crippen LogP contribution in [0.3, 0.4) is 0 Å². The maximum Gasteiger partial charge on any atom is 0.170 e. The number of ether oxygens (including phenoxy) is 1. The Morgan fingerprint density at radius 2 is 1.88 bits per heavy atom. The highest BCUT2D eigenvalue weighted by Gasteiger charge is 2.11. The summed E-state index contributed by atoms with van der Waals surface area (Å²) in [6.07, 6.45) is 0.0828. The second-order valence-corrected chi connectivity index (χ2v) is 3.59. The molecule has 1 aromatic rings. The maximum absolute atomic E-state index is 12.6. The number of rotatable bonds is 7. The third-order valence-electron chi connectivity index (χ3n) is 2.25. The number of hydrogen-bond acceptors (Lipinski definition) is 3. The molecule has 0 N–H and O–H groups in total. The van der Waals surface area contributed by atoms with Gasteiger partial charge in [0.25, 0.3) is 0 Å². The van der Waals surface area contributed by atoms with Gasteiger partial charge >= 0.3 is 0 Å². The highest BCUT2D eigenvalue weighted by atomic mass is 19.1. The zero-order valence-corrected chi connectivity index (χ0v) is 9.74. The van der Waals surface area contributed by atoms with Crippen molar-refractivity contribution in [1.82, 2.24) is 0 Å². The Hall–Kier alpha value is -1.55. The van der Waals surface area contributed by atoms with Gasteiger partial charge in [-0.3, -0.25) is 9.59 Å². The van der Waals surface area contributed by atoms with E-state index in [9.17, 15) is 14.0 Å². The predicted molar refractivity (Wildman–Crippen MR) is 61.5 cm³/mol. The molecular formula is C13H15FO3. The molecule has 0 saturated heterocycles. The van der Waals surface area contributed by atoms with Crippen LogP contribution >= 0.6 is 0 Å². The van der Waals surface area contributed by atoms with Crippen LogP contribution < -0.4 is 0 Å². The lowest BCUT2D eigenvalue weighted by atomic mass is 10.0. The van der Waals surface area contributed by atoms with E-state index >= 15 is 0 Å². The molecule has 1 rings (SSSR count). The molecular weight excluding hydrogens is 223 g/mol. The monoisotopic (exact) mass is 238 g/mol. The van der Waals surface area contributed by atoms with Gasteiger partial charge in [-0.1, -0.05) is 0 Å². The van der Waals surface area contributed by atoms with Crippen molar-refractivity contribution in [3.8, 4) is 0 Å². The Balaban J connectivity index is 2.43. The molecule has 1 aromatic carbocycles. The second-order valence-electron chi connectivity index (χ2n) is 3.59. The van der Waals surface area contributed by atoms with Crippen molar-refractivity contribution < 1.29 is 18.7 Å². The van der Waals surface area contributed by atoms with Gasteiger partial charge in [0, 0.05) is 18.6 Å². The third-order valence-corrected chi connectivity index (χ3v) is 2.25. The van der Waals surface area contributed by atoms with Crippen molar-refractivity contribution >= 4 is 11.6 Å². The fraction of sp³-hybridized carbons (Fsp3) is 0.385. The van der Waals surface area contributed by atoms with E-state index in [2.05, 4.69) is 0 Å². The molecule has 0 fully saturated rings. The Morgan fingerprint density at radius 1 is 1.24 bits per heavy atom. The normalized spacial score (nSPS) is 10.2. The minimum atomic E-state index is -0.399. The summed E-state index contributed by atoms with van der Waals surface area (Å²) in [4.78, 5) is 23.0. The summed E-state index contributed by atoms with van der Waals surface area (Å²) in [7, 11) is 0. The van der Waals surface area contributed by atoms with Gasteiger partial charge in [-0.15, -0.1) is 0 Å². The molecule has 4 heteroatoms. The standard InChI is InChI=1S/C13H15FO3/c1-2-17-8-7-12(15)9-13(16)10-3-5-11(14)6-4-10/h3-6H,2,7-9H2,1H3. The molecule has 0 atom stereocenters. The first kappa shape index (κ1) is 13.5. The summed E-state index contributed by atoms with van der Waals surface area (Å²) in [5.74, 6) is -0.844. The average molecular weight is 238 g/mol. The summed E-state index contributed by atoms with van der Waals surface area (Å²) in [6, 6.07) is 5.18. The lowest BCUT2D eigenvalue weighted by molar-refractivity contribution is -0.119. The van der Waals surface area contributed by atoms with Gasteiger partial charge in [-0.2, -0.15) is 0 Å². The van der Waals surface area contributed by atoms with Crippen molar-refractivity contribution in [2.24, 2.45) is 0 Å². The van der Waals surface area contributed by atoms with Gasteiger partial charge in [0.2, 0.25) is 0 Å². The van der Waals surface area contributed by atoms with E-state index in [1.54, 1.807) is 0 Å². The Kier molecular flexibility index (Phi) is 5.49. The lowest BCUT2D eigenvalue weighted by Gasteiger charge is -2.01. The molecule has 0 aliphatic carbocycles. The van der Waals surface area contributed by atoms with Gasteiger partial charge in [-0.05, 0) is 31.2 Å². The molecule has 0 saturated carbocycles. The number of carbonyl (C=O) groups is 2. The summed E-state index contributed by atoms with van der Waals surface area (Å²) in [5.41, 5.74) is 0.358. The van der Waals surface area contributed by atoms with Gasteiger partial charge in [0.05, 0.1) is 13.0 Å². The van der Waals surface area contributed by atoms with Crippen molar-refractivity contribution in [2.45, 2.75) is 19.8 Å². The highest BCUT2D eigenvalue weighted by molar-refractivity contribution is 6.07. The molecule has 0 aliphatic rings. The lowest BCUT2D eigenvalue weighted by Crippen LogP contribution is -2.10. The van der Waals surface area contributed by atoms with Crippen LogP contribution in [0.4, 0.5) is 4.39 Å². The third kappa shape index (κ3) is 4.87. The summed E-state index contributed by atoms with van der Waals surface area (Å²) in [5, 5.41) is 0. The molecule has 0 spiro atoms. The van der Waals surface area contributed by atoms with Crippen molar-refractivity contribution in [1.29, 1.82) is 0 Å². The number of benzene rings is 1. The predicted octanol–water partition coefficient (Wildman–Crippen LogP) is 2.39. The SMILES string of the molecule is CCOCCC(=O)CC(=O)c1ccc(F)cc1. The molecule has 0 radical (unpaired) electrons. The first-order valence-electron chi connectivity index (χ1n) is 5.51. The molecule has 0 heterocycles. The second kappa shape index (κ2) is 6.91. The van der Waals surface area contributed by atoms with Crippen LogP contribution in [0.5, 0.6) is 0 Å². The van der Waals surface area contributed by atoms with Crippen LogP contribution in [0.2, 0.25) is 0 Å². The number of ketones is 2. The minimum Gasteiger partial charge on any atom is -0.381 e. The zero-order chi connectivity index (χ0) is 12.7. The Bertz CT molecular complexity index is 384. The number of carbonyl (C=O) groups excluding carboxylic acids is 2. The Labute approximate surface area is 99.6 Å². The molecule has 0 aliphatic heterocycles. The van der Waals surface area contributed by atoms with Crippen LogP contribution in [0.25, 0.3) is 0 Å². The smallest absolute Gasteiger partial charge is 0.170 e. The zero-order valence-electron chi connectivity index (χ0n) is 9.74. The molecule has 92 valence electrons. The number of hydrogen-bond donors (Lipinski definition) is 0.